The quantitative estimate of drug-likeness (QED) is 0.500. The number of hydrogen-bond acceptors (Lipinski definition) is 3. The van der Waals surface area contributed by atoms with Gasteiger partial charge in [0.1, 0.15) is 10.0 Å². The van der Waals surface area contributed by atoms with Crippen LogP contribution in [0.1, 0.15) is 27.0 Å². The van der Waals surface area contributed by atoms with Gasteiger partial charge in [-0.05, 0) is 29.8 Å². The van der Waals surface area contributed by atoms with Crippen molar-refractivity contribution in [1.82, 2.24) is 0 Å². The van der Waals surface area contributed by atoms with Crippen LogP contribution in [0.5, 0.6) is 0 Å². The van der Waals surface area contributed by atoms with E-state index in [9.17, 15) is 39.6 Å². The van der Waals surface area contributed by atoms with Crippen LogP contribution in [-0.2, 0) is 22.4 Å². The molecule has 0 aliphatic carbocycles. The molecule has 156 valence electrons. The summed E-state index contributed by atoms with van der Waals surface area (Å²) >= 11 is 5.82. The van der Waals surface area contributed by atoms with Crippen molar-refractivity contribution in [3.8, 4) is 0 Å². The third-order valence-corrected chi connectivity index (χ3v) is 4.66. The van der Waals surface area contributed by atoms with Crippen LogP contribution in [0, 0.1) is 0 Å². The zero-order valence-electron chi connectivity index (χ0n) is 14.9. The predicted molar refractivity (Wildman–Crippen MR) is 93.5 cm³/mol. The van der Waals surface area contributed by atoms with Crippen molar-refractivity contribution >= 4 is 33.6 Å². The second kappa shape index (κ2) is 9.73. The number of benzene rings is 2. The van der Waals surface area contributed by atoms with Gasteiger partial charge >= 0.3 is 41.9 Å². The molecule has 0 saturated heterocycles. The summed E-state index contributed by atoms with van der Waals surface area (Å²) in [5.41, 5.74) is -4.71. The van der Waals surface area contributed by atoms with Gasteiger partial charge in [0.15, 0.2) is 0 Å². The molecule has 0 atom stereocenters. The van der Waals surface area contributed by atoms with Crippen LogP contribution in [-0.4, -0.2) is 14.3 Å². The molecule has 2 aromatic rings. The predicted octanol–water partition coefficient (Wildman–Crippen LogP) is 2.90. The molecule has 0 unspecified atom stereocenters. The van der Waals surface area contributed by atoms with Gasteiger partial charge in [-0.3, -0.25) is 0 Å². The molecule has 0 spiro atoms. The summed E-state index contributed by atoms with van der Waals surface area (Å²) in [6.07, 6.45) is -9.48. The molecule has 2 aromatic carbocycles. The summed E-state index contributed by atoms with van der Waals surface area (Å²) in [6, 6.07) is 6.12. The monoisotopic (exact) mass is 479 g/mol. The number of alkyl halides is 6. The van der Waals surface area contributed by atoms with Crippen molar-refractivity contribution in [3.05, 3.63) is 79.9 Å². The number of carbonyl (C=O) groups is 1. The number of nitrogens with zero attached hydrogens (tertiary/aromatic N) is 1. The SMILES string of the molecule is O=C([N-]S(=O)(=O)/C=C/c1ccccc1Cl)c1ccc(C(F)(F)F)cc1C(F)(F)F.[Na+]. The minimum Gasteiger partial charge on any atom is -0.538 e. The van der Waals surface area contributed by atoms with E-state index < -0.39 is 45.0 Å². The van der Waals surface area contributed by atoms with Gasteiger partial charge in [0.2, 0.25) is 0 Å². The van der Waals surface area contributed by atoms with Crippen LogP contribution in [0.4, 0.5) is 26.3 Å². The van der Waals surface area contributed by atoms with Crippen LogP contribution in [0.25, 0.3) is 10.8 Å². The number of rotatable bonds is 4. The van der Waals surface area contributed by atoms with E-state index in [1.807, 2.05) is 0 Å². The number of hydrogen-bond donors (Lipinski definition) is 0. The fraction of sp³-hybridized carbons (Fsp3) is 0.118. The maximum atomic E-state index is 13.1. The van der Waals surface area contributed by atoms with Crippen LogP contribution >= 0.6 is 11.6 Å². The maximum Gasteiger partial charge on any atom is 1.00 e. The molecular formula is C17H9ClF6NNaO3S. The van der Waals surface area contributed by atoms with E-state index in [0.717, 1.165) is 6.08 Å². The standard InChI is InChI=1S/C17H10ClF6NO3S.Na/c18-14-4-2-1-3-10(14)7-8-29(27,28)25-15(26)12-6-5-11(16(19,20)21)9-13(12)17(22,23)24;/h1-9H,(H,25,26);/q;+1/p-1/b8-7+;. The summed E-state index contributed by atoms with van der Waals surface area (Å²) in [7, 11) is -4.70. The molecule has 0 aromatic heterocycles. The maximum absolute atomic E-state index is 13.1. The fourth-order valence-electron chi connectivity index (χ4n) is 2.11. The summed E-state index contributed by atoms with van der Waals surface area (Å²) in [5.74, 6) is -1.87. The van der Waals surface area contributed by atoms with E-state index in [-0.39, 0.29) is 58.3 Å². The molecule has 0 aliphatic rings. The van der Waals surface area contributed by atoms with Gasteiger partial charge in [-0.1, -0.05) is 35.9 Å². The van der Waals surface area contributed by atoms with Gasteiger partial charge in [0.25, 0.3) is 0 Å². The number of carbonyl (C=O) groups excluding carboxylic acids is 1. The van der Waals surface area contributed by atoms with Crippen molar-refractivity contribution < 1.29 is 69.1 Å². The summed E-state index contributed by atoms with van der Waals surface area (Å²) in [4.78, 5) is 12.0. The van der Waals surface area contributed by atoms with Crippen LogP contribution in [0.2, 0.25) is 5.02 Å². The number of sulfonamides is 1. The van der Waals surface area contributed by atoms with Crippen molar-refractivity contribution in [1.29, 1.82) is 0 Å². The summed E-state index contributed by atoms with van der Waals surface area (Å²) in [5, 5.41) is 0.594. The Morgan fingerprint density at radius 1 is 0.967 bits per heavy atom. The van der Waals surface area contributed by atoms with Crippen molar-refractivity contribution in [2.45, 2.75) is 12.4 Å². The van der Waals surface area contributed by atoms with E-state index in [4.69, 9.17) is 11.6 Å². The molecule has 13 heteroatoms. The minimum absolute atomic E-state index is 0. The average Bonchev–Trinajstić information content (AvgIpc) is 2.58. The van der Waals surface area contributed by atoms with Crippen LogP contribution in [0.15, 0.2) is 47.9 Å². The summed E-state index contributed by atoms with van der Waals surface area (Å²) in [6.45, 7) is 0. The first-order valence-corrected chi connectivity index (χ1v) is 9.32. The van der Waals surface area contributed by atoms with E-state index >= 15 is 0 Å². The molecule has 0 bridgehead atoms. The third-order valence-electron chi connectivity index (χ3n) is 3.42. The van der Waals surface area contributed by atoms with E-state index in [1.54, 1.807) is 6.07 Å². The smallest absolute Gasteiger partial charge is 0.538 e. The van der Waals surface area contributed by atoms with Gasteiger partial charge < -0.3 is 9.52 Å². The Bertz CT molecular complexity index is 1070. The molecule has 4 nitrogen and oxygen atoms in total. The molecule has 0 aliphatic heterocycles. The second-order valence-corrected chi connectivity index (χ2v) is 7.38. The number of halogens is 7. The van der Waals surface area contributed by atoms with Gasteiger partial charge in [0.05, 0.1) is 17.0 Å². The Hall–Kier alpha value is -1.53. The summed E-state index contributed by atoms with van der Waals surface area (Å²) < 4.78 is 104. The third kappa shape index (κ3) is 7.02. The van der Waals surface area contributed by atoms with E-state index in [1.165, 1.54) is 18.2 Å². The zero-order chi connectivity index (χ0) is 22.0. The average molecular weight is 480 g/mol. The normalized spacial score (nSPS) is 12.5. The van der Waals surface area contributed by atoms with Gasteiger partial charge in [-0.2, -0.15) is 26.3 Å². The fourth-order valence-corrected chi connectivity index (χ4v) is 3.01. The van der Waals surface area contributed by atoms with E-state index in [2.05, 4.69) is 4.72 Å². The second-order valence-electron chi connectivity index (χ2n) is 5.49. The molecule has 0 heterocycles. The van der Waals surface area contributed by atoms with Crippen molar-refractivity contribution in [2.75, 3.05) is 0 Å². The molecular weight excluding hydrogens is 471 g/mol. The molecule has 0 radical (unpaired) electrons. The van der Waals surface area contributed by atoms with E-state index in [0.29, 0.717) is 5.41 Å². The first kappa shape index (κ1) is 26.5. The molecule has 30 heavy (non-hydrogen) atoms. The zero-order valence-corrected chi connectivity index (χ0v) is 18.5. The first-order chi connectivity index (χ1) is 13.2. The Balaban J connectivity index is 0.00000450. The Kier molecular flexibility index (Phi) is 8.60. The minimum atomic E-state index is -5.35. The van der Waals surface area contributed by atoms with Crippen molar-refractivity contribution in [3.63, 3.8) is 0 Å². The van der Waals surface area contributed by atoms with Crippen LogP contribution in [0.3, 0.4) is 0 Å². The largest absolute Gasteiger partial charge is 1.00 e. The molecule has 2 rings (SSSR count). The van der Waals surface area contributed by atoms with Crippen LogP contribution < -0.4 is 29.6 Å². The number of amides is 1. The Morgan fingerprint density at radius 2 is 1.57 bits per heavy atom. The van der Waals surface area contributed by atoms with Crippen molar-refractivity contribution in [2.24, 2.45) is 0 Å². The molecule has 1 amide bonds. The topological polar surface area (TPSA) is 65.3 Å². The first-order valence-electron chi connectivity index (χ1n) is 7.44. The molecule has 0 N–H and O–H groups in total. The van der Waals surface area contributed by atoms with Gasteiger partial charge in [-0.15, -0.1) is 0 Å². The van der Waals surface area contributed by atoms with Gasteiger partial charge in [0, 0.05) is 16.0 Å². The van der Waals surface area contributed by atoms with Gasteiger partial charge in [-0.25, -0.2) is 8.42 Å². The molecule has 0 fully saturated rings. The Morgan fingerprint density at radius 3 is 2.10 bits per heavy atom. The Labute approximate surface area is 194 Å². The molecule has 0 saturated carbocycles.